The van der Waals surface area contributed by atoms with Crippen LogP contribution in [0.25, 0.3) is 5.69 Å². The summed E-state index contributed by atoms with van der Waals surface area (Å²) < 4.78 is 2.00. The zero-order chi connectivity index (χ0) is 23.5. The second-order valence-corrected chi connectivity index (χ2v) is 9.62. The van der Waals surface area contributed by atoms with E-state index in [9.17, 15) is 9.59 Å². The lowest BCUT2D eigenvalue weighted by molar-refractivity contribution is -0.120. The first-order valence-electron chi connectivity index (χ1n) is 10.4. The molecule has 4 rings (SSSR count). The molecule has 0 saturated carbocycles. The Labute approximate surface area is 206 Å². The van der Waals surface area contributed by atoms with E-state index in [4.69, 9.17) is 23.2 Å². The molecule has 0 aliphatic heterocycles. The smallest absolute Gasteiger partial charge is 0.225 e. The average molecular weight is 497 g/mol. The predicted molar refractivity (Wildman–Crippen MR) is 135 cm³/mol. The Hall–Kier alpha value is -2.86. The molecule has 0 unspecified atom stereocenters. The van der Waals surface area contributed by atoms with Crippen molar-refractivity contribution in [3.05, 3.63) is 109 Å². The summed E-state index contributed by atoms with van der Waals surface area (Å²) in [6.07, 6.45) is 0.341. The quantitative estimate of drug-likeness (QED) is 0.294. The van der Waals surface area contributed by atoms with Crippen LogP contribution in [-0.4, -0.2) is 16.3 Å². The van der Waals surface area contributed by atoms with Gasteiger partial charge in [0, 0.05) is 32.4 Å². The van der Waals surface area contributed by atoms with E-state index in [1.165, 1.54) is 0 Å². The van der Waals surface area contributed by atoms with Crippen LogP contribution in [0.3, 0.4) is 0 Å². The van der Waals surface area contributed by atoms with Crippen molar-refractivity contribution < 1.29 is 9.59 Å². The fourth-order valence-electron chi connectivity index (χ4n) is 3.77. The van der Waals surface area contributed by atoms with Crippen molar-refractivity contribution in [3.8, 4) is 5.69 Å². The summed E-state index contributed by atoms with van der Waals surface area (Å²) in [5.41, 5.74) is 4.46. The Morgan fingerprint density at radius 1 is 0.970 bits per heavy atom. The third-order valence-corrected chi connectivity index (χ3v) is 6.96. The van der Waals surface area contributed by atoms with E-state index in [1.54, 1.807) is 47.7 Å². The van der Waals surface area contributed by atoms with Crippen LogP contribution >= 0.6 is 34.5 Å². The van der Waals surface area contributed by atoms with Gasteiger partial charge in [-0.1, -0.05) is 41.4 Å². The van der Waals surface area contributed by atoms with Gasteiger partial charge >= 0.3 is 0 Å². The fraction of sp³-hybridized carbons (Fsp3) is 0.154. The fourth-order valence-corrected chi connectivity index (χ4v) is 4.87. The molecular formula is C26H22Cl2N2O2S. The van der Waals surface area contributed by atoms with E-state index in [1.807, 2.05) is 48.1 Å². The molecule has 0 fully saturated rings. The second kappa shape index (κ2) is 9.96. The summed E-state index contributed by atoms with van der Waals surface area (Å²) in [6.45, 7) is 4.33. The number of nitrogens with zero attached hydrogens (tertiary/aromatic N) is 1. The van der Waals surface area contributed by atoms with Gasteiger partial charge in [0.05, 0.1) is 23.7 Å². The Morgan fingerprint density at radius 3 is 2.48 bits per heavy atom. The van der Waals surface area contributed by atoms with Crippen LogP contribution in [0.4, 0.5) is 0 Å². The summed E-state index contributed by atoms with van der Waals surface area (Å²) in [7, 11) is 0. The highest BCUT2D eigenvalue weighted by Crippen LogP contribution is 2.29. The van der Waals surface area contributed by atoms with E-state index in [-0.39, 0.29) is 11.7 Å². The lowest BCUT2D eigenvalue weighted by Crippen LogP contribution is -2.25. The molecule has 168 valence electrons. The predicted octanol–water partition coefficient (Wildman–Crippen LogP) is 6.55. The summed E-state index contributed by atoms with van der Waals surface area (Å²) in [6, 6.07) is 18.1. The zero-order valence-corrected chi connectivity index (χ0v) is 20.5. The lowest BCUT2D eigenvalue weighted by Gasteiger charge is -2.17. The van der Waals surface area contributed by atoms with Crippen LogP contribution in [0.15, 0.2) is 66.0 Å². The third-order valence-electron chi connectivity index (χ3n) is 5.52. The molecule has 7 heteroatoms. The number of aryl methyl sites for hydroxylation is 1. The highest BCUT2D eigenvalue weighted by atomic mass is 35.5. The van der Waals surface area contributed by atoms with Gasteiger partial charge in [0.1, 0.15) is 0 Å². The van der Waals surface area contributed by atoms with Gasteiger partial charge in [-0.2, -0.15) is 0 Å². The molecule has 0 saturated heterocycles. The number of hydrogen-bond donors (Lipinski definition) is 1. The standard InChI is InChI=1S/C26H22Cl2N2O2S/c1-16-12-19(15-29-25(31)14-20-6-5-11-33-20)30(17(16)2)24-10-9-18(27)13-22(24)26(32)21-7-3-4-8-23(21)28/h3-13H,14-15H2,1-2H3,(H,29,31). The first-order chi connectivity index (χ1) is 15.8. The van der Waals surface area contributed by atoms with E-state index < -0.39 is 0 Å². The molecule has 0 aliphatic rings. The molecule has 0 spiro atoms. The van der Waals surface area contributed by atoms with Crippen LogP contribution in [0, 0.1) is 13.8 Å². The molecule has 0 aliphatic carbocycles. The normalized spacial score (nSPS) is 10.9. The van der Waals surface area contributed by atoms with Crippen LogP contribution in [0.1, 0.15) is 37.7 Å². The van der Waals surface area contributed by atoms with Crippen molar-refractivity contribution in [2.45, 2.75) is 26.8 Å². The number of thiophene rings is 1. The molecule has 33 heavy (non-hydrogen) atoms. The van der Waals surface area contributed by atoms with Crippen molar-refractivity contribution in [3.63, 3.8) is 0 Å². The van der Waals surface area contributed by atoms with Crippen molar-refractivity contribution in [1.82, 2.24) is 9.88 Å². The number of ketones is 1. The number of benzene rings is 2. The van der Waals surface area contributed by atoms with Crippen LogP contribution < -0.4 is 5.32 Å². The number of nitrogens with one attached hydrogen (secondary N) is 1. The summed E-state index contributed by atoms with van der Waals surface area (Å²) in [5.74, 6) is -0.263. The molecule has 2 heterocycles. The molecule has 4 aromatic rings. The SMILES string of the molecule is Cc1cc(CNC(=O)Cc2cccs2)n(-c2ccc(Cl)cc2C(=O)c2ccccc2Cl)c1C. The maximum atomic E-state index is 13.5. The van der Waals surface area contributed by atoms with Crippen molar-refractivity contribution in [2.24, 2.45) is 0 Å². The largest absolute Gasteiger partial charge is 0.350 e. The first-order valence-corrected chi connectivity index (χ1v) is 12.0. The van der Waals surface area contributed by atoms with Crippen LogP contribution in [-0.2, 0) is 17.8 Å². The number of carbonyl (C=O) groups excluding carboxylic acids is 2. The topological polar surface area (TPSA) is 51.1 Å². The number of amides is 1. The number of carbonyl (C=O) groups is 2. The minimum atomic E-state index is -0.212. The Morgan fingerprint density at radius 2 is 1.76 bits per heavy atom. The number of aromatic nitrogens is 1. The molecule has 1 amide bonds. The maximum Gasteiger partial charge on any atom is 0.225 e. The minimum Gasteiger partial charge on any atom is -0.350 e. The third kappa shape index (κ3) is 5.06. The highest BCUT2D eigenvalue weighted by molar-refractivity contribution is 7.10. The van der Waals surface area contributed by atoms with Gasteiger partial charge < -0.3 is 9.88 Å². The Bertz CT molecular complexity index is 1330. The summed E-state index contributed by atoms with van der Waals surface area (Å²) in [4.78, 5) is 26.9. The average Bonchev–Trinajstić information content (AvgIpc) is 3.40. The lowest BCUT2D eigenvalue weighted by atomic mass is 10.0. The molecule has 2 aromatic carbocycles. The Kier molecular flexibility index (Phi) is 7.03. The number of hydrogen-bond acceptors (Lipinski definition) is 3. The van der Waals surface area contributed by atoms with Gasteiger partial charge in [-0.25, -0.2) is 0 Å². The van der Waals surface area contributed by atoms with E-state index in [0.29, 0.717) is 39.8 Å². The van der Waals surface area contributed by atoms with Gasteiger partial charge in [-0.15, -0.1) is 11.3 Å². The molecule has 4 nitrogen and oxygen atoms in total. The molecule has 0 bridgehead atoms. The molecule has 2 aromatic heterocycles. The first kappa shape index (κ1) is 23.3. The monoisotopic (exact) mass is 496 g/mol. The van der Waals surface area contributed by atoms with Gasteiger partial charge in [-0.05, 0) is 67.3 Å². The van der Waals surface area contributed by atoms with Crippen molar-refractivity contribution >= 4 is 46.2 Å². The van der Waals surface area contributed by atoms with Crippen molar-refractivity contribution in [1.29, 1.82) is 0 Å². The van der Waals surface area contributed by atoms with Gasteiger partial charge in [0.15, 0.2) is 5.78 Å². The molecule has 1 N–H and O–H groups in total. The molecular weight excluding hydrogens is 475 g/mol. The number of halogens is 2. The van der Waals surface area contributed by atoms with E-state index in [2.05, 4.69) is 5.32 Å². The van der Waals surface area contributed by atoms with Crippen LogP contribution in [0.5, 0.6) is 0 Å². The van der Waals surface area contributed by atoms with E-state index in [0.717, 1.165) is 21.8 Å². The van der Waals surface area contributed by atoms with Gasteiger partial charge in [-0.3, -0.25) is 9.59 Å². The van der Waals surface area contributed by atoms with Crippen LogP contribution in [0.2, 0.25) is 10.0 Å². The van der Waals surface area contributed by atoms with Gasteiger partial charge in [0.2, 0.25) is 5.91 Å². The Balaban J connectivity index is 1.70. The highest BCUT2D eigenvalue weighted by Gasteiger charge is 2.21. The zero-order valence-electron chi connectivity index (χ0n) is 18.2. The maximum absolute atomic E-state index is 13.5. The summed E-state index contributed by atoms with van der Waals surface area (Å²) >= 11 is 14.1. The minimum absolute atomic E-state index is 0.0519. The molecule has 0 radical (unpaired) electrons. The summed E-state index contributed by atoms with van der Waals surface area (Å²) in [5, 5.41) is 5.80. The molecule has 0 atom stereocenters. The van der Waals surface area contributed by atoms with Crippen molar-refractivity contribution in [2.75, 3.05) is 0 Å². The van der Waals surface area contributed by atoms with Gasteiger partial charge in [0.25, 0.3) is 0 Å². The number of rotatable bonds is 7. The second-order valence-electron chi connectivity index (χ2n) is 7.74. The van der Waals surface area contributed by atoms with E-state index >= 15 is 0 Å².